The summed E-state index contributed by atoms with van der Waals surface area (Å²) in [7, 11) is 0. The van der Waals surface area contributed by atoms with Crippen LogP contribution in [0.25, 0.3) is 0 Å². The summed E-state index contributed by atoms with van der Waals surface area (Å²) in [6, 6.07) is 4.49. The molecule has 1 atom stereocenters. The number of nitrogens with zero attached hydrogens (tertiary/aromatic N) is 1. The minimum atomic E-state index is -0.973. The highest BCUT2D eigenvalue weighted by Crippen LogP contribution is 2.24. The third-order valence-electron chi connectivity index (χ3n) is 3.80. The summed E-state index contributed by atoms with van der Waals surface area (Å²) >= 11 is 0. The van der Waals surface area contributed by atoms with E-state index in [-0.39, 0.29) is 30.5 Å². The number of fused-ring (bicyclic) bond motifs is 1. The topological polar surface area (TPSA) is 98.7 Å². The standard InChI is InChI=1S/C14H15N3O4/c18-12-5-15-11(4-16-12)13(19)17-6-9-2-1-8(14(20)21)3-10(9)7-17/h1-3,11,15H,4-7H2,(H,16,18)(H,20,21). The Labute approximate surface area is 120 Å². The van der Waals surface area contributed by atoms with Crippen molar-refractivity contribution in [3.05, 3.63) is 34.9 Å². The van der Waals surface area contributed by atoms with Gasteiger partial charge in [0.2, 0.25) is 11.8 Å². The molecule has 2 aliphatic heterocycles. The number of carbonyl (C=O) groups excluding carboxylic acids is 2. The van der Waals surface area contributed by atoms with E-state index in [1.165, 1.54) is 0 Å². The van der Waals surface area contributed by atoms with Gasteiger partial charge in [-0.2, -0.15) is 0 Å². The maximum absolute atomic E-state index is 12.4. The van der Waals surface area contributed by atoms with Crippen molar-refractivity contribution in [1.29, 1.82) is 0 Å². The fourth-order valence-electron chi connectivity index (χ4n) is 2.64. The average Bonchev–Trinajstić information content (AvgIpc) is 2.90. The number of hydrogen-bond acceptors (Lipinski definition) is 4. The summed E-state index contributed by atoms with van der Waals surface area (Å²) < 4.78 is 0. The molecule has 0 saturated carbocycles. The highest BCUT2D eigenvalue weighted by molar-refractivity contribution is 5.89. The molecule has 7 nitrogen and oxygen atoms in total. The molecule has 1 aromatic rings. The predicted octanol–water partition coefficient (Wildman–Crippen LogP) is -0.685. The molecule has 21 heavy (non-hydrogen) atoms. The first-order valence-electron chi connectivity index (χ1n) is 6.68. The number of hydrogen-bond donors (Lipinski definition) is 3. The molecule has 0 aromatic heterocycles. The zero-order valence-corrected chi connectivity index (χ0v) is 11.3. The fraction of sp³-hybridized carbons (Fsp3) is 0.357. The highest BCUT2D eigenvalue weighted by atomic mass is 16.4. The quantitative estimate of drug-likeness (QED) is 0.669. The third-order valence-corrected chi connectivity index (χ3v) is 3.80. The molecular formula is C14H15N3O4. The van der Waals surface area contributed by atoms with Crippen LogP contribution in [0.3, 0.4) is 0 Å². The van der Waals surface area contributed by atoms with Crippen LogP contribution in [-0.2, 0) is 22.7 Å². The van der Waals surface area contributed by atoms with Crippen molar-refractivity contribution in [3.63, 3.8) is 0 Å². The minimum Gasteiger partial charge on any atom is -0.478 e. The normalized spacial score (nSPS) is 20.9. The van der Waals surface area contributed by atoms with Crippen LogP contribution in [0.1, 0.15) is 21.5 Å². The van der Waals surface area contributed by atoms with Gasteiger partial charge in [-0.05, 0) is 23.3 Å². The minimum absolute atomic E-state index is 0.0805. The molecule has 110 valence electrons. The number of carboxylic acid groups (broad SMARTS) is 1. The zero-order chi connectivity index (χ0) is 15.0. The zero-order valence-electron chi connectivity index (χ0n) is 11.3. The maximum Gasteiger partial charge on any atom is 0.335 e. The van der Waals surface area contributed by atoms with Gasteiger partial charge >= 0.3 is 5.97 Å². The van der Waals surface area contributed by atoms with E-state index in [0.717, 1.165) is 11.1 Å². The lowest BCUT2D eigenvalue weighted by atomic mass is 10.1. The number of amides is 2. The van der Waals surface area contributed by atoms with E-state index in [1.54, 1.807) is 23.1 Å². The van der Waals surface area contributed by atoms with Crippen LogP contribution < -0.4 is 10.6 Å². The molecule has 0 bridgehead atoms. The van der Waals surface area contributed by atoms with Crippen molar-refractivity contribution >= 4 is 17.8 Å². The molecule has 3 rings (SSSR count). The van der Waals surface area contributed by atoms with E-state index in [9.17, 15) is 14.4 Å². The number of carbonyl (C=O) groups is 3. The van der Waals surface area contributed by atoms with E-state index in [0.29, 0.717) is 13.1 Å². The number of rotatable bonds is 2. The molecule has 1 saturated heterocycles. The molecule has 0 aliphatic carbocycles. The van der Waals surface area contributed by atoms with E-state index in [2.05, 4.69) is 10.6 Å². The molecule has 1 fully saturated rings. The first-order valence-corrected chi connectivity index (χ1v) is 6.68. The Morgan fingerprint density at radius 3 is 2.67 bits per heavy atom. The van der Waals surface area contributed by atoms with E-state index < -0.39 is 12.0 Å². The first-order chi connectivity index (χ1) is 10.0. The fourth-order valence-corrected chi connectivity index (χ4v) is 2.64. The molecule has 0 spiro atoms. The molecule has 0 radical (unpaired) electrons. The molecular weight excluding hydrogens is 274 g/mol. The van der Waals surface area contributed by atoms with E-state index in [1.807, 2.05) is 0 Å². The lowest BCUT2D eigenvalue weighted by molar-refractivity contribution is -0.135. The molecule has 1 aromatic carbocycles. The number of aromatic carboxylic acids is 1. The Bertz CT molecular complexity index is 619. The van der Waals surface area contributed by atoms with Crippen molar-refractivity contribution in [1.82, 2.24) is 15.5 Å². The predicted molar refractivity (Wildman–Crippen MR) is 72.5 cm³/mol. The van der Waals surface area contributed by atoms with Crippen LogP contribution >= 0.6 is 0 Å². The molecule has 2 amide bonds. The monoisotopic (exact) mass is 289 g/mol. The van der Waals surface area contributed by atoms with Gasteiger partial charge in [-0.3, -0.25) is 14.9 Å². The van der Waals surface area contributed by atoms with Crippen LogP contribution in [0.2, 0.25) is 0 Å². The summed E-state index contributed by atoms with van der Waals surface area (Å²) in [5.41, 5.74) is 2.06. The first kappa shape index (κ1) is 13.6. The number of benzene rings is 1. The second kappa shape index (κ2) is 5.17. The highest BCUT2D eigenvalue weighted by Gasteiger charge is 2.31. The van der Waals surface area contributed by atoms with Crippen molar-refractivity contribution in [2.75, 3.05) is 13.1 Å². The second-order valence-corrected chi connectivity index (χ2v) is 5.22. The van der Waals surface area contributed by atoms with Gasteiger partial charge in [0, 0.05) is 19.6 Å². The van der Waals surface area contributed by atoms with Crippen molar-refractivity contribution in [2.45, 2.75) is 19.1 Å². The Morgan fingerprint density at radius 2 is 2.00 bits per heavy atom. The summed E-state index contributed by atoms with van der Waals surface area (Å²) in [6.45, 7) is 1.30. The van der Waals surface area contributed by atoms with Crippen molar-refractivity contribution < 1.29 is 19.5 Å². The van der Waals surface area contributed by atoms with Gasteiger partial charge in [0.15, 0.2) is 0 Å². The van der Waals surface area contributed by atoms with Gasteiger partial charge in [-0.15, -0.1) is 0 Å². The van der Waals surface area contributed by atoms with Gasteiger partial charge < -0.3 is 15.3 Å². The average molecular weight is 289 g/mol. The van der Waals surface area contributed by atoms with Crippen LogP contribution in [0.5, 0.6) is 0 Å². The molecule has 3 N–H and O–H groups in total. The van der Waals surface area contributed by atoms with Crippen LogP contribution in [-0.4, -0.2) is 46.9 Å². The summed E-state index contributed by atoms with van der Waals surface area (Å²) in [4.78, 5) is 36.1. The number of nitrogens with one attached hydrogen (secondary N) is 2. The van der Waals surface area contributed by atoms with E-state index >= 15 is 0 Å². The Hall–Kier alpha value is -2.41. The third kappa shape index (κ3) is 2.59. The smallest absolute Gasteiger partial charge is 0.335 e. The van der Waals surface area contributed by atoms with Crippen LogP contribution in [0.15, 0.2) is 18.2 Å². The largest absolute Gasteiger partial charge is 0.478 e. The van der Waals surface area contributed by atoms with Gasteiger partial charge in [-0.1, -0.05) is 6.07 Å². The summed E-state index contributed by atoms with van der Waals surface area (Å²) in [5.74, 6) is -1.17. The summed E-state index contributed by atoms with van der Waals surface area (Å²) in [6.07, 6.45) is 0. The second-order valence-electron chi connectivity index (χ2n) is 5.22. The summed E-state index contributed by atoms with van der Waals surface area (Å²) in [5, 5.41) is 14.5. The van der Waals surface area contributed by atoms with Gasteiger partial charge in [0.1, 0.15) is 6.04 Å². The Balaban J connectivity index is 1.71. The van der Waals surface area contributed by atoms with Crippen molar-refractivity contribution in [3.8, 4) is 0 Å². The molecule has 1 unspecified atom stereocenters. The van der Waals surface area contributed by atoms with Gasteiger partial charge in [-0.25, -0.2) is 4.79 Å². The molecule has 7 heteroatoms. The Morgan fingerprint density at radius 1 is 1.24 bits per heavy atom. The SMILES string of the molecule is O=C1CNC(C(=O)N2Cc3ccc(C(=O)O)cc3C2)CN1. The molecule has 2 heterocycles. The Kier molecular flexibility index (Phi) is 3.34. The number of piperazine rings is 1. The van der Waals surface area contributed by atoms with Crippen molar-refractivity contribution in [2.24, 2.45) is 0 Å². The maximum atomic E-state index is 12.4. The van der Waals surface area contributed by atoms with E-state index in [4.69, 9.17) is 5.11 Å². The van der Waals surface area contributed by atoms with Crippen LogP contribution in [0.4, 0.5) is 0 Å². The van der Waals surface area contributed by atoms with Gasteiger partial charge in [0.25, 0.3) is 0 Å². The lowest BCUT2D eigenvalue weighted by Gasteiger charge is -2.27. The van der Waals surface area contributed by atoms with Gasteiger partial charge in [0.05, 0.1) is 12.1 Å². The number of carboxylic acids is 1. The van der Waals surface area contributed by atoms with Crippen LogP contribution in [0, 0.1) is 0 Å². The lowest BCUT2D eigenvalue weighted by Crippen LogP contribution is -2.58. The molecule has 2 aliphatic rings.